The topological polar surface area (TPSA) is 174 Å². The number of anilines is 2. The molecule has 42 heavy (non-hydrogen) atoms. The molecule has 2 bridgehead atoms. The van der Waals surface area contributed by atoms with Crippen LogP contribution in [0.3, 0.4) is 0 Å². The molecule has 0 unspecified atom stereocenters. The van der Waals surface area contributed by atoms with Gasteiger partial charge in [-0.3, -0.25) is 9.08 Å². The zero-order valence-electron chi connectivity index (χ0n) is 23.0. The minimum absolute atomic E-state index is 0.163. The number of hydrogen-bond acceptors (Lipinski definition) is 11. The van der Waals surface area contributed by atoms with Crippen molar-refractivity contribution in [2.75, 3.05) is 25.0 Å². The van der Waals surface area contributed by atoms with Crippen molar-refractivity contribution in [3.8, 4) is 17.2 Å². The van der Waals surface area contributed by atoms with Crippen molar-refractivity contribution in [2.45, 2.75) is 31.9 Å². The molecule has 4 aromatic rings. The van der Waals surface area contributed by atoms with Crippen molar-refractivity contribution >= 4 is 32.7 Å². The van der Waals surface area contributed by atoms with Crippen molar-refractivity contribution in [1.82, 2.24) is 10.0 Å². The second-order valence-electron chi connectivity index (χ2n) is 10.7. The number of phenols is 1. The van der Waals surface area contributed by atoms with Crippen LogP contribution in [0.4, 0.5) is 11.4 Å². The largest absolute Gasteiger partial charge is 0.520 e. The highest BCUT2D eigenvalue weighted by Gasteiger charge is 2.31. The highest BCUT2D eigenvalue weighted by Crippen LogP contribution is 2.33. The van der Waals surface area contributed by atoms with Gasteiger partial charge in [-0.25, -0.2) is 0 Å². The zero-order valence-corrected chi connectivity index (χ0v) is 23.8. The second kappa shape index (κ2) is 11.5. The summed E-state index contributed by atoms with van der Waals surface area (Å²) in [7, 11) is -4.50. The smallest absolute Gasteiger partial charge is 0.506 e. The molecule has 0 aliphatic carbocycles. The van der Waals surface area contributed by atoms with E-state index in [1.54, 1.807) is 0 Å². The maximum Gasteiger partial charge on any atom is 0.520 e. The molecule has 2 heterocycles. The Labute approximate surface area is 242 Å². The molecule has 1 aliphatic heterocycles. The van der Waals surface area contributed by atoms with Crippen LogP contribution >= 0.6 is 0 Å². The Morgan fingerprint density at radius 1 is 1.05 bits per heavy atom. The quantitative estimate of drug-likeness (QED) is 0.161. The number of nitrogens with two attached hydrogens (primary N) is 1. The number of nitrogens with zero attached hydrogens (tertiary/aromatic N) is 1. The molecule has 1 aliphatic rings. The summed E-state index contributed by atoms with van der Waals surface area (Å²) in [6.07, 6.45) is -0.330. The first-order valence-corrected chi connectivity index (χ1v) is 14.5. The number of ether oxygens (including phenoxy) is 1. The summed E-state index contributed by atoms with van der Waals surface area (Å²) in [5, 5.41) is 27.9. The number of fused-ring (bicyclic) bond motifs is 4. The number of phenolic OH excluding ortho intramolecular Hbond substituents is 1. The molecule has 222 valence electrons. The number of aliphatic hydroxyl groups is 1. The first-order chi connectivity index (χ1) is 19.9. The minimum Gasteiger partial charge on any atom is -0.506 e. The van der Waals surface area contributed by atoms with Gasteiger partial charge in [0.2, 0.25) is 5.75 Å². The lowest BCUT2D eigenvalue weighted by Crippen LogP contribution is -2.40. The van der Waals surface area contributed by atoms with E-state index in [1.165, 1.54) is 18.2 Å². The summed E-state index contributed by atoms with van der Waals surface area (Å²) in [6.45, 7) is 4.97. The van der Waals surface area contributed by atoms with Gasteiger partial charge in [0.15, 0.2) is 0 Å². The normalized spacial score (nSPS) is 14.6. The fraction of sp³-hybridized carbons (Fsp3) is 0.276. The van der Waals surface area contributed by atoms with Crippen LogP contribution in [0.5, 0.6) is 17.2 Å². The molecule has 0 radical (unpaired) electrons. The average Bonchev–Trinajstić information content (AvgIpc) is 2.92. The van der Waals surface area contributed by atoms with E-state index < -0.39 is 33.4 Å². The Bertz CT molecular complexity index is 1750. The van der Waals surface area contributed by atoms with Crippen molar-refractivity contribution < 1.29 is 31.8 Å². The SMILES string of the molecule is CC(C)(N)COc1ccc(Nc2ccc(CCNC[C@H](O)c3ccc(O)c4c3cc3c(=O)n4OS(=O)(=O)O3)cc2)cc1. The Kier molecular flexibility index (Phi) is 8.01. The van der Waals surface area contributed by atoms with Gasteiger partial charge >= 0.3 is 16.0 Å². The Morgan fingerprint density at radius 3 is 2.38 bits per heavy atom. The molecule has 1 atom stereocenters. The fourth-order valence-electron chi connectivity index (χ4n) is 4.42. The van der Waals surface area contributed by atoms with Crippen molar-refractivity contribution in [2.24, 2.45) is 5.73 Å². The average molecular weight is 597 g/mol. The van der Waals surface area contributed by atoms with Crippen LogP contribution in [-0.4, -0.2) is 48.6 Å². The van der Waals surface area contributed by atoms with Crippen LogP contribution in [0.2, 0.25) is 0 Å². The summed E-state index contributed by atoms with van der Waals surface area (Å²) in [5.41, 5.74) is 7.81. The van der Waals surface area contributed by atoms with Crippen LogP contribution in [0.25, 0.3) is 10.9 Å². The summed E-state index contributed by atoms with van der Waals surface area (Å²) in [6, 6.07) is 19.6. The first-order valence-electron chi connectivity index (χ1n) is 13.2. The number of nitrogens with one attached hydrogen (secondary N) is 2. The predicted molar refractivity (Wildman–Crippen MR) is 157 cm³/mol. The van der Waals surface area contributed by atoms with E-state index in [2.05, 4.69) is 19.1 Å². The highest BCUT2D eigenvalue weighted by molar-refractivity contribution is 7.82. The second-order valence-corrected chi connectivity index (χ2v) is 11.8. The van der Waals surface area contributed by atoms with Gasteiger partial charge in [0.25, 0.3) is 0 Å². The van der Waals surface area contributed by atoms with Gasteiger partial charge in [0.05, 0.1) is 6.10 Å². The molecular weight excluding hydrogens is 564 g/mol. The summed E-state index contributed by atoms with van der Waals surface area (Å²) < 4.78 is 39.0. The lowest BCUT2D eigenvalue weighted by Gasteiger charge is -2.21. The summed E-state index contributed by atoms with van der Waals surface area (Å²) in [5.74, 6) is -0.120. The van der Waals surface area contributed by atoms with Crippen molar-refractivity contribution in [3.05, 3.63) is 88.2 Å². The Balaban J connectivity index is 1.15. The first kappa shape index (κ1) is 29.2. The number of rotatable bonds is 11. The van der Waals surface area contributed by atoms with E-state index in [0.717, 1.165) is 22.7 Å². The van der Waals surface area contributed by atoms with E-state index in [4.69, 9.17) is 10.5 Å². The molecule has 0 amide bonds. The monoisotopic (exact) mass is 596 g/mol. The molecule has 3 aromatic carbocycles. The Hall–Kier alpha value is -4.30. The number of benzene rings is 3. The van der Waals surface area contributed by atoms with E-state index >= 15 is 0 Å². The number of aromatic nitrogens is 1. The molecule has 12 nitrogen and oxygen atoms in total. The molecule has 0 saturated carbocycles. The highest BCUT2D eigenvalue weighted by atomic mass is 32.3. The van der Waals surface area contributed by atoms with Gasteiger partial charge in [-0.2, -0.15) is 0 Å². The third-order valence-corrected chi connectivity index (χ3v) is 7.17. The third kappa shape index (κ3) is 6.77. The third-order valence-electron chi connectivity index (χ3n) is 6.46. The van der Waals surface area contributed by atoms with Gasteiger partial charge in [-0.05, 0) is 86.5 Å². The van der Waals surface area contributed by atoms with Crippen LogP contribution in [0.15, 0.2) is 71.5 Å². The van der Waals surface area contributed by atoms with Crippen LogP contribution in [0, 0.1) is 0 Å². The van der Waals surface area contributed by atoms with E-state index in [1.807, 2.05) is 62.4 Å². The summed E-state index contributed by atoms with van der Waals surface area (Å²) in [4.78, 5) is 12.4. The number of pyridine rings is 1. The van der Waals surface area contributed by atoms with Crippen LogP contribution in [-0.2, 0) is 16.8 Å². The standard InChI is InChI=1S/C29H32N4O8S/c1-29(2,30)17-39-21-9-7-20(8-10-21)32-19-5-3-18(4-6-19)13-14-31-16-25(35)22-11-12-24(34)27-23(22)15-26-28(36)33(27)41-42(37,38)40-26/h3-12,15,25,31-32,34-35H,13-14,16-17,30H2,1-2H3/t25-/m0/s1. The van der Waals surface area contributed by atoms with Gasteiger partial charge in [0.1, 0.15) is 23.6 Å². The van der Waals surface area contributed by atoms with E-state index in [0.29, 0.717) is 29.9 Å². The lowest BCUT2D eigenvalue weighted by atomic mass is 10.0. The number of aliphatic hydroxyl groups excluding tert-OH is 1. The fourth-order valence-corrected chi connectivity index (χ4v) is 5.11. The molecule has 13 heteroatoms. The molecule has 0 fully saturated rings. The number of aromatic hydroxyl groups is 1. The van der Waals surface area contributed by atoms with Crippen molar-refractivity contribution in [3.63, 3.8) is 0 Å². The zero-order chi connectivity index (χ0) is 30.1. The molecule has 6 N–H and O–H groups in total. The maximum absolute atomic E-state index is 12.4. The molecule has 0 spiro atoms. The molecular formula is C29H32N4O8S. The van der Waals surface area contributed by atoms with Crippen LogP contribution < -0.4 is 35.1 Å². The van der Waals surface area contributed by atoms with Crippen LogP contribution in [0.1, 0.15) is 31.1 Å². The lowest BCUT2D eigenvalue weighted by molar-refractivity contribution is 0.176. The van der Waals surface area contributed by atoms with Crippen molar-refractivity contribution in [1.29, 1.82) is 0 Å². The van der Waals surface area contributed by atoms with Gasteiger partial charge in [-0.1, -0.05) is 18.2 Å². The van der Waals surface area contributed by atoms with Gasteiger partial charge < -0.3 is 35.5 Å². The molecule has 1 aromatic heterocycles. The van der Waals surface area contributed by atoms with E-state index in [-0.39, 0.29) is 23.2 Å². The summed E-state index contributed by atoms with van der Waals surface area (Å²) >= 11 is 0. The Morgan fingerprint density at radius 2 is 1.71 bits per heavy atom. The molecule has 0 saturated heterocycles. The number of hydrogen-bond donors (Lipinski definition) is 5. The van der Waals surface area contributed by atoms with Gasteiger partial charge in [-0.15, -0.1) is 13.1 Å². The van der Waals surface area contributed by atoms with Gasteiger partial charge in [0, 0.05) is 28.8 Å². The van der Waals surface area contributed by atoms with E-state index in [9.17, 15) is 23.4 Å². The minimum atomic E-state index is -4.50. The molecule has 5 rings (SSSR count). The maximum atomic E-state index is 12.4. The predicted octanol–water partition coefficient (Wildman–Crippen LogP) is 2.50.